The maximum atomic E-state index is 12.1. The lowest BCUT2D eigenvalue weighted by atomic mass is 10.1. The van der Waals surface area contributed by atoms with Gasteiger partial charge in [0.15, 0.2) is 18.1 Å². The number of fused-ring (bicyclic) bond motifs is 1. The zero-order valence-electron chi connectivity index (χ0n) is 18.2. The van der Waals surface area contributed by atoms with Crippen molar-refractivity contribution in [1.29, 1.82) is 0 Å². The van der Waals surface area contributed by atoms with E-state index in [0.29, 0.717) is 23.9 Å². The molecule has 0 unspecified atom stereocenters. The Morgan fingerprint density at radius 1 is 0.848 bits per heavy atom. The molecule has 0 aliphatic rings. The van der Waals surface area contributed by atoms with Gasteiger partial charge in [-0.1, -0.05) is 60.7 Å². The first kappa shape index (κ1) is 21.9. The van der Waals surface area contributed by atoms with Gasteiger partial charge in [0.2, 0.25) is 0 Å². The van der Waals surface area contributed by atoms with E-state index in [-0.39, 0.29) is 12.5 Å². The summed E-state index contributed by atoms with van der Waals surface area (Å²) in [6, 6.07) is 29.0. The van der Waals surface area contributed by atoms with E-state index < -0.39 is 0 Å². The number of ether oxygens (including phenoxy) is 3. The highest BCUT2D eigenvalue weighted by Crippen LogP contribution is 2.28. The summed E-state index contributed by atoms with van der Waals surface area (Å²) in [5, 5.41) is 6.17. The minimum Gasteiger partial charge on any atom is -0.493 e. The van der Waals surface area contributed by atoms with E-state index in [0.717, 1.165) is 21.9 Å². The van der Waals surface area contributed by atoms with Gasteiger partial charge in [-0.25, -0.2) is 5.43 Å². The Bertz CT molecular complexity index is 1260. The van der Waals surface area contributed by atoms with Crippen LogP contribution in [0, 0.1) is 0 Å². The van der Waals surface area contributed by atoms with Crippen LogP contribution in [0.1, 0.15) is 11.1 Å². The molecule has 0 spiro atoms. The van der Waals surface area contributed by atoms with Gasteiger partial charge in [0, 0.05) is 0 Å². The second kappa shape index (κ2) is 10.8. The molecule has 0 aliphatic heterocycles. The standard InChI is InChI=1S/C27H24N2O4/c1-31-26-15-21(11-14-25(26)33-18-20-7-3-2-4-8-20)17-28-29-27(30)19-32-24-13-12-22-9-5-6-10-23(22)16-24/h2-17H,18-19H2,1H3,(H,29,30)/b28-17-. The van der Waals surface area contributed by atoms with Crippen LogP contribution in [0.3, 0.4) is 0 Å². The van der Waals surface area contributed by atoms with Crippen molar-refractivity contribution in [1.82, 2.24) is 5.43 Å². The Balaban J connectivity index is 1.29. The molecule has 4 aromatic rings. The largest absolute Gasteiger partial charge is 0.493 e. The van der Waals surface area contributed by atoms with E-state index in [1.165, 1.54) is 6.21 Å². The van der Waals surface area contributed by atoms with E-state index >= 15 is 0 Å². The van der Waals surface area contributed by atoms with Crippen LogP contribution < -0.4 is 19.6 Å². The minimum absolute atomic E-state index is 0.134. The second-order valence-electron chi connectivity index (χ2n) is 7.28. The normalized spacial score (nSPS) is 10.8. The molecule has 0 saturated carbocycles. The summed E-state index contributed by atoms with van der Waals surface area (Å²) in [6.07, 6.45) is 1.54. The Labute approximate surface area is 192 Å². The summed E-state index contributed by atoms with van der Waals surface area (Å²) >= 11 is 0. The number of carbonyl (C=O) groups excluding carboxylic acids is 1. The molecule has 166 valence electrons. The van der Waals surface area contributed by atoms with Gasteiger partial charge in [0.25, 0.3) is 5.91 Å². The smallest absolute Gasteiger partial charge is 0.277 e. The predicted molar refractivity (Wildman–Crippen MR) is 129 cm³/mol. The number of amides is 1. The molecule has 0 fully saturated rings. The van der Waals surface area contributed by atoms with E-state index in [1.54, 1.807) is 13.2 Å². The first-order chi connectivity index (χ1) is 16.2. The summed E-state index contributed by atoms with van der Waals surface area (Å²) in [4.78, 5) is 12.1. The third-order valence-electron chi connectivity index (χ3n) is 4.92. The number of hydrogen-bond acceptors (Lipinski definition) is 5. The fourth-order valence-electron chi connectivity index (χ4n) is 3.24. The monoisotopic (exact) mass is 440 g/mol. The van der Waals surface area contributed by atoms with Gasteiger partial charge in [0.1, 0.15) is 12.4 Å². The molecule has 0 saturated heterocycles. The topological polar surface area (TPSA) is 69.2 Å². The lowest BCUT2D eigenvalue weighted by Gasteiger charge is -2.11. The van der Waals surface area contributed by atoms with Gasteiger partial charge < -0.3 is 14.2 Å². The number of methoxy groups -OCH3 is 1. The fourth-order valence-corrected chi connectivity index (χ4v) is 3.24. The number of hydrogen-bond donors (Lipinski definition) is 1. The summed E-state index contributed by atoms with van der Waals surface area (Å²) in [7, 11) is 1.58. The molecule has 4 rings (SSSR count). The van der Waals surface area contributed by atoms with E-state index in [1.807, 2.05) is 84.9 Å². The zero-order chi connectivity index (χ0) is 22.9. The molecule has 6 heteroatoms. The number of carbonyl (C=O) groups is 1. The summed E-state index contributed by atoms with van der Waals surface area (Å²) < 4.78 is 16.9. The highest BCUT2D eigenvalue weighted by Gasteiger charge is 2.06. The van der Waals surface area contributed by atoms with Crippen molar-refractivity contribution in [2.24, 2.45) is 5.10 Å². The Morgan fingerprint density at radius 3 is 2.45 bits per heavy atom. The van der Waals surface area contributed by atoms with Gasteiger partial charge in [0.05, 0.1) is 13.3 Å². The molecule has 0 bridgehead atoms. The van der Waals surface area contributed by atoms with Crippen LogP contribution >= 0.6 is 0 Å². The number of hydrazone groups is 1. The first-order valence-electron chi connectivity index (χ1n) is 10.5. The molecule has 6 nitrogen and oxygen atoms in total. The highest BCUT2D eigenvalue weighted by molar-refractivity contribution is 5.85. The van der Waals surface area contributed by atoms with Gasteiger partial charge >= 0.3 is 0 Å². The van der Waals surface area contributed by atoms with E-state index in [4.69, 9.17) is 14.2 Å². The lowest BCUT2D eigenvalue weighted by molar-refractivity contribution is -0.123. The van der Waals surface area contributed by atoms with E-state index in [2.05, 4.69) is 10.5 Å². The van der Waals surface area contributed by atoms with Gasteiger partial charge in [-0.2, -0.15) is 5.10 Å². The Kier molecular flexibility index (Phi) is 7.18. The molecule has 33 heavy (non-hydrogen) atoms. The summed E-state index contributed by atoms with van der Waals surface area (Å²) in [5.41, 5.74) is 4.30. The van der Waals surface area contributed by atoms with Crippen LogP contribution in [0.15, 0.2) is 96.1 Å². The van der Waals surface area contributed by atoms with Crippen molar-refractivity contribution >= 4 is 22.9 Å². The second-order valence-corrected chi connectivity index (χ2v) is 7.28. The van der Waals surface area contributed by atoms with Crippen molar-refractivity contribution in [2.75, 3.05) is 13.7 Å². The number of nitrogens with one attached hydrogen (secondary N) is 1. The third kappa shape index (κ3) is 6.11. The van der Waals surface area contributed by atoms with Gasteiger partial charge in [-0.15, -0.1) is 0 Å². The van der Waals surface area contributed by atoms with Crippen molar-refractivity contribution < 1.29 is 19.0 Å². The first-order valence-corrected chi connectivity index (χ1v) is 10.5. The lowest BCUT2D eigenvalue weighted by Crippen LogP contribution is -2.24. The molecule has 0 atom stereocenters. The third-order valence-corrected chi connectivity index (χ3v) is 4.92. The molecule has 1 N–H and O–H groups in total. The molecule has 1 amide bonds. The summed E-state index contributed by atoms with van der Waals surface area (Å²) in [5.74, 6) is 1.49. The zero-order valence-corrected chi connectivity index (χ0v) is 18.2. The minimum atomic E-state index is -0.353. The van der Waals surface area contributed by atoms with Crippen LogP contribution in [-0.2, 0) is 11.4 Å². The van der Waals surface area contributed by atoms with Crippen molar-refractivity contribution in [3.05, 3.63) is 102 Å². The average Bonchev–Trinajstić information content (AvgIpc) is 2.87. The fraction of sp³-hybridized carbons (Fsp3) is 0.111. The maximum absolute atomic E-state index is 12.1. The summed E-state index contributed by atoms with van der Waals surface area (Å²) in [6.45, 7) is 0.309. The van der Waals surface area contributed by atoms with Crippen LogP contribution in [0.25, 0.3) is 10.8 Å². The van der Waals surface area contributed by atoms with Crippen LogP contribution in [0.5, 0.6) is 17.2 Å². The quantitative estimate of drug-likeness (QED) is 0.295. The Morgan fingerprint density at radius 2 is 1.64 bits per heavy atom. The molecular formula is C27H24N2O4. The average molecular weight is 440 g/mol. The van der Waals surface area contributed by atoms with Crippen molar-refractivity contribution in [3.8, 4) is 17.2 Å². The van der Waals surface area contributed by atoms with Crippen LogP contribution in [0.2, 0.25) is 0 Å². The number of nitrogens with zero attached hydrogens (tertiary/aromatic N) is 1. The van der Waals surface area contributed by atoms with E-state index in [9.17, 15) is 4.79 Å². The van der Waals surface area contributed by atoms with Crippen LogP contribution in [-0.4, -0.2) is 25.8 Å². The molecule has 0 aliphatic carbocycles. The Hall–Kier alpha value is -4.32. The molecule has 0 heterocycles. The molecular weight excluding hydrogens is 416 g/mol. The number of benzene rings is 4. The molecule has 0 radical (unpaired) electrons. The molecule has 4 aromatic carbocycles. The van der Waals surface area contributed by atoms with Crippen LogP contribution in [0.4, 0.5) is 0 Å². The highest BCUT2D eigenvalue weighted by atomic mass is 16.5. The SMILES string of the molecule is COc1cc(/C=N\NC(=O)COc2ccc3ccccc3c2)ccc1OCc1ccccc1. The number of rotatable bonds is 9. The van der Waals surface area contributed by atoms with Gasteiger partial charge in [-0.3, -0.25) is 4.79 Å². The van der Waals surface area contributed by atoms with Crippen molar-refractivity contribution in [2.45, 2.75) is 6.61 Å². The van der Waals surface area contributed by atoms with Crippen molar-refractivity contribution in [3.63, 3.8) is 0 Å². The molecule has 0 aromatic heterocycles. The van der Waals surface area contributed by atoms with Gasteiger partial charge in [-0.05, 0) is 52.2 Å². The predicted octanol–water partition coefficient (Wildman–Crippen LogP) is 4.96. The maximum Gasteiger partial charge on any atom is 0.277 e.